The van der Waals surface area contributed by atoms with Crippen LogP contribution in [-0.2, 0) is 0 Å². The molecule has 0 spiro atoms. The molecule has 2 rings (SSSR count). The van der Waals surface area contributed by atoms with Crippen molar-refractivity contribution in [1.29, 1.82) is 0 Å². The van der Waals surface area contributed by atoms with Gasteiger partial charge in [0, 0.05) is 17.3 Å². The molecule has 0 amide bonds. The summed E-state index contributed by atoms with van der Waals surface area (Å²) >= 11 is 0. The summed E-state index contributed by atoms with van der Waals surface area (Å²) in [4.78, 5) is 3.18. The summed E-state index contributed by atoms with van der Waals surface area (Å²) in [6.07, 6.45) is 2.03. The highest BCUT2D eigenvalue weighted by atomic mass is 14.7. The normalized spacial score (nSPS) is 9.25. The van der Waals surface area contributed by atoms with E-state index in [2.05, 4.69) is 36.2 Å². The lowest BCUT2D eigenvalue weighted by Crippen LogP contribution is -1.66. The van der Waals surface area contributed by atoms with Crippen molar-refractivity contribution in [2.75, 3.05) is 0 Å². The number of fused-ring (bicyclic) bond motifs is 1. The molecule has 0 unspecified atom stereocenters. The van der Waals surface area contributed by atoms with E-state index in [1.54, 1.807) is 0 Å². The fraction of sp³-hybridized carbons (Fsp3) is 0.273. The van der Waals surface area contributed by atoms with Crippen molar-refractivity contribution in [2.45, 2.75) is 20.8 Å². The zero-order chi connectivity index (χ0) is 8.97. The summed E-state index contributed by atoms with van der Waals surface area (Å²) in [5.41, 5.74) is 1.25. The Labute approximate surface area is 73.4 Å². The van der Waals surface area contributed by atoms with Crippen molar-refractivity contribution >= 4 is 10.8 Å². The van der Waals surface area contributed by atoms with E-state index in [0.29, 0.717) is 0 Å². The van der Waals surface area contributed by atoms with Crippen molar-refractivity contribution in [2.24, 2.45) is 0 Å². The molecule has 0 saturated carbocycles. The molecule has 1 N–H and O–H groups in total. The lowest BCUT2D eigenvalue weighted by molar-refractivity contribution is 1.28. The molecule has 0 fully saturated rings. The monoisotopic (exact) mass is 161 g/mol. The van der Waals surface area contributed by atoms with Crippen LogP contribution in [0.5, 0.6) is 0 Å². The van der Waals surface area contributed by atoms with Crippen LogP contribution in [0.2, 0.25) is 0 Å². The van der Waals surface area contributed by atoms with Crippen LogP contribution in [0.15, 0.2) is 30.5 Å². The highest BCUT2D eigenvalue weighted by Crippen LogP contribution is 2.15. The average molecular weight is 161 g/mol. The first-order valence-electron chi connectivity index (χ1n) is 4.40. The lowest BCUT2D eigenvalue weighted by atomic mass is 10.2. The predicted molar refractivity (Wildman–Crippen MR) is 54.4 cm³/mol. The van der Waals surface area contributed by atoms with Crippen LogP contribution in [0, 0.1) is 6.92 Å². The molecule has 0 aliphatic rings. The van der Waals surface area contributed by atoms with E-state index in [1.807, 2.05) is 20.0 Å². The number of hydrogen-bond donors (Lipinski definition) is 1. The second-order valence-corrected chi connectivity index (χ2v) is 2.50. The Kier molecular flexibility index (Phi) is 2.92. The van der Waals surface area contributed by atoms with Gasteiger partial charge in [-0.1, -0.05) is 38.1 Å². The smallest absolute Gasteiger partial charge is 0.0195 e. The van der Waals surface area contributed by atoms with Gasteiger partial charge in [0.05, 0.1) is 0 Å². The van der Waals surface area contributed by atoms with E-state index in [-0.39, 0.29) is 0 Å². The van der Waals surface area contributed by atoms with E-state index >= 15 is 0 Å². The largest absolute Gasteiger partial charge is 0.364 e. The zero-order valence-electron chi connectivity index (χ0n) is 7.89. The van der Waals surface area contributed by atoms with Crippen LogP contribution < -0.4 is 0 Å². The van der Waals surface area contributed by atoms with Gasteiger partial charge in [0.15, 0.2) is 0 Å². The number of aryl methyl sites for hydroxylation is 1. The molecular formula is C11H15N. The summed E-state index contributed by atoms with van der Waals surface area (Å²) in [6.45, 7) is 6.09. The number of aromatic nitrogens is 1. The number of rotatable bonds is 0. The Bertz CT molecular complexity index is 347. The Morgan fingerprint density at radius 2 is 1.75 bits per heavy atom. The van der Waals surface area contributed by atoms with E-state index in [0.717, 1.165) is 0 Å². The third-order valence-corrected chi connectivity index (χ3v) is 1.81. The van der Waals surface area contributed by atoms with Crippen molar-refractivity contribution in [3.05, 3.63) is 36.2 Å². The van der Waals surface area contributed by atoms with E-state index in [4.69, 9.17) is 0 Å². The van der Waals surface area contributed by atoms with Gasteiger partial charge in [0.1, 0.15) is 0 Å². The van der Waals surface area contributed by atoms with Crippen molar-refractivity contribution in [1.82, 2.24) is 4.98 Å². The zero-order valence-corrected chi connectivity index (χ0v) is 7.89. The molecule has 0 aliphatic carbocycles. The molecule has 0 saturated heterocycles. The van der Waals surface area contributed by atoms with Crippen LogP contribution in [0.1, 0.15) is 19.5 Å². The third-order valence-electron chi connectivity index (χ3n) is 1.81. The first-order valence-corrected chi connectivity index (χ1v) is 4.40. The van der Waals surface area contributed by atoms with Crippen LogP contribution >= 0.6 is 0 Å². The van der Waals surface area contributed by atoms with Gasteiger partial charge in [0.25, 0.3) is 0 Å². The maximum atomic E-state index is 3.18. The number of nitrogens with one attached hydrogen (secondary N) is 1. The topological polar surface area (TPSA) is 15.8 Å². The van der Waals surface area contributed by atoms with Gasteiger partial charge < -0.3 is 4.98 Å². The second kappa shape index (κ2) is 3.96. The van der Waals surface area contributed by atoms with Crippen LogP contribution in [0.4, 0.5) is 0 Å². The second-order valence-electron chi connectivity index (χ2n) is 2.50. The van der Waals surface area contributed by atoms with Gasteiger partial charge in [0.2, 0.25) is 0 Å². The van der Waals surface area contributed by atoms with Crippen molar-refractivity contribution in [3.8, 4) is 0 Å². The van der Waals surface area contributed by atoms with Crippen LogP contribution in [0.25, 0.3) is 10.8 Å². The molecule has 0 atom stereocenters. The molecule has 0 radical (unpaired) electrons. The minimum absolute atomic E-state index is 1.25. The van der Waals surface area contributed by atoms with Gasteiger partial charge in [-0.2, -0.15) is 0 Å². The van der Waals surface area contributed by atoms with E-state index in [1.165, 1.54) is 16.5 Å². The maximum absolute atomic E-state index is 3.18. The van der Waals surface area contributed by atoms with Crippen LogP contribution in [-0.4, -0.2) is 4.98 Å². The first kappa shape index (κ1) is 8.85. The van der Waals surface area contributed by atoms with Gasteiger partial charge >= 0.3 is 0 Å². The van der Waals surface area contributed by atoms with Gasteiger partial charge in [-0.25, -0.2) is 0 Å². The summed E-state index contributed by atoms with van der Waals surface area (Å²) in [6, 6.07) is 8.35. The van der Waals surface area contributed by atoms with E-state index < -0.39 is 0 Å². The molecule has 1 heterocycles. The Morgan fingerprint density at radius 3 is 2.42 bits per heavy atom. The summed E-state index contributed by atoms with van der Waals surface area (Å²) < 4.78 is 0. The Balaban J connectivity index is 0.000000336. The molecule has 64 valence electrons. The summed E-state index contributed by atoms with van der Waals surface area (Å²) in [7, 11) is 0. The van der Waals surface area contributed by atoms with Crippen molar-refractivity contribution < 1.29 is 0 Å². The summed E-state index contributed by atoms with van der Waals surface area (Å²) in [5.74, 6) is 0. The molecule has 1 nitrogen and oxygen atoms in total. The highest BCUT2D eigenvalue weighted by Gasteiger charge is 1.94. The minimum Gasteiger partial charge on any atom is -0.364 e. The molecule has 1 aromatic carbocycles. The maximum Gasteiger partial charge on any atom is 0.0195 e. The number of aromatic amines is 1. The third kappa shape index (κ3) is 1.50. The number of benzene rings is 1. The molecular weight excluding hydrogens is 146 g/mol. The fourth-order valence-electron chi connectivity index (χ4n) is 1.23. The predicted octanol–water partition coefficient (Wildman–Crippen LogP) is 3.50. The average Bonchev–Trinajstić information content (AvgIpc) is 2.53. The molecule has 12 heavy (non-hydrogen) atoms. The molecule has 0 bridgehead atoms. The lowest BCUT2D eigenvalue weighted by Gasteiger charge is -1.86. The van der Waals surface area contributed by atoms with Gasteiger partial charge in [-0.3, -0.25) is 0 Å². The molecule has 2 aromatic rings. The first-order chi connectivity index (χ1) is 5.88. The molecule has 0 aliphatic heterocycles. The quantitative estimate of drug-likeness (QED) is 0.608. The standard InChI is InChI=1S/C9H9N.C2H6/c1-7-9-5-3-2-4-8(9)6-10-7;1-2/h2-6,10H,1H3;1-2H3. The SMILES string of the molecule is CC.Cc1[nH]cc2ccccc12. The summed E-state index contributed by atoms with van der Waals surface area (Å²) in [5, 5.41) is 2.61. The molecule has 1 heteroatoms. The van der Waals surface area contributed by atoms with Crippen molar-refractivity contribution in [3.63, 3.8) is 0 Å². The fourth-order valence-corrected chi connectivity index (χ4v) is 1.23. The number of H-pyrrole nitrogens is 1. The van der Waals surface area contributed by atoms with Crippen LogP contribution in [0.3, 0.4) is 0 Å². The van der Waals surface area contributed by atoms with E-state index in [9.17, 15) is 0 Å². The van der Waals surface area contributed by atoms with Gasteiger partial charge in [-0.15, -0.1) is 0 Å². The molecule has 1 aromatic heterocycles. The number of hydrogen-bond acceptors (Lipinski definition) is 0. The van der Waals surface area contributed by atoms with Gasteiger partial charge in [-0.05, 0) is 12.3 Å². The highest BCUT2D eigenvalue weighted by molar-refractivity contribution is 5.84. The Hall–Kier alpha value is -1.24. The minimum atomic E-state index is 1.25. The Morgan fingerprint density at radius 1 is 1.08 bits per heavy atom.